The Hall–Kier alpha value is -0.270. The molecular weight excluding hydrogens is 222 g/mol. The summed E-state index contributed by atoms with van der Waals surface area (Å²) in [6.07, 6.45) is 2.79. The molecule has 0 spiro atoms. The molecule has 78 valence electrons. The van der Waals surface area contributed by atoms with Crippen LogP contribution in [0.4, 0.5) is 4.39 Å². The molecule has 1 aromatic carbocycles. The zero-order valence-corrected chi connectivity index (χ0v) is 9.58. The number of halogens is 3. The first kappa shape index (κ1) is 11.8. The first-order valence-electron chi connectivity index (χ1n) is 4.67. The minimum atomic E-state index is -0.288. The van der Waals surface area contributed by atoms with Gasteiger partial charge in [-0.3, -0.25) is 0 Å². The van der Waals surface area contributed by atoms with Crippen molar-refractivity contribution in [2.45, 2.75) is 31.6 Å². The van der Waals surface area contributed by atoms with Crippen LogP contribution in [-0.4, -0.2) is 5.38 Å². The maximum Gasteiger partial charge on any atom is 0.124 e. The predicted molar refractivity (Wildman–Crippen MR) is 59.7 cm³/mol. The number of alkyl halides is 1. The lowest BCUT2D eigenvalue weighted by molar-refractivity contribution is 0.626. The van der Waals surface area contributed by atoms with E-state index >= 15 is 0 Å². The van der Waals surface area contributed by atoms with Crippen molar-refractivity contribution in [1.29, 1.82) is 0 Å². The van der Waals surface area contributed by atoms with Gasteiger partial charge in [0.25, 0.3) is 0 Å². The fourth-order valence-corrected chi connectivity index (χ4v) is 1.71. The summed E-state index contributed by atoms with van der Waals surface area (Å²) in [6.45, 7) is 1.97. The standard InChI is InChI=1S/C11H13Cl2F/c1-8(12)3-2-4-9-5-6-10(14)7-11(9)13/h5-8H,2-4H2,1H3. The highest BCUT2D eigenvalue weighted by atomic mass is 35.5. The second-order valence-corrected chi connectivity index (χ2v) is 4.56. The van der Waals surface area contributed by atoms with Crippen LogP contribution in [0.5, 0.6) is 0 Å². The maximum absolute atomic E-state index is 12.7. The molecular formula is C11H13Cl2F. The van der Waals surface area contributed by atoms with Crippen LogP contribution in [0.15, 0.2) is 18.2 Å². The van der Waals surface area contributed by atoms with Crippen LogP contribution in [0.25, 0.3) is 0 Å². The molecule has 0 aliphatic heterocycles. The molecule has 0 bridgehead atoms. The van der Waals surface area contributed by atoms with Crippen LogP contribution >= 0.6 is 23.2 Å². The van der Waals surface area contributed by atoms with Gasteiger partial charge in [0.1, 0.15) is 5.82 Å². The minimum Gasteiger partial charge on any atom is -0.207 e. The highest BCUT2D eigenvalue weighted by Crippen LogP contribution is 2.19. The number of hydrogen-bond donors (Lipinski definition) is 0. The lowest BCUT2D eigenvalue weighted by Crippen LogP contribution is -1.94. The molecule has 1 atom stereocenters. The third-order valence-corrected chi connectivity index (χ3v) is 2.63. The van der Waals surface area contributed by atoms with Crippen molar-refractivity contribution in [3.05, 3.63) is 34.6 Å². The third kappa shape index (κ3) is 3.85. The van der Waals surface area contributed by atoms with Crippen molar-refractivity contribution in [2.75, 3.05) is 0 Å². The van der Waals surface area contributed by atoms with E-state index in [1.807, 2.05) is 6.92 Å². The Labute approximate surface area is 94.0 Å². The maximum atomic E-state index is 12.7. The van der Waals surface area contributed by atoms with E-state index in [1.165, 1.54) is 12.1 Å². The monoisotopic (exact) mass is 234 g/mol. The highest BCUT2D eigenvalue weighted by Gasteiger charge is 2.03. The summed E-state index contributed by atoms with van der Waals surface area (Å²) in [5.41, 5.74) is 0.991. The van der Waals surface area contributed by atoms with E-state index < -0.39 is 0 Å². The van der Waals surface area contributed by atoms with Crippen molar-refractivity contribution in [3.8, 4) is 0 Å². The Bertz CT molecular complexity index is 297. The van der Waals surface area contributed by atoms with Gasteiger partial charge in [0.2, 0.25) is 0 Å². The van der Waals surface area contributed by atoms with Crippen LogP contribution in [0.1, 0.15) is 25.3 Å². The molecule has 3 heteroatoms. The summed E-state index contributed by atoms with van der Waals surface area (Å²) in [4.78, 5) is 0. The molecule has 14 heavy (non-hydrogen) atoms. The first-order valence-corrected chi connectivity index (χ1v) is 5.49. The molecule has 0 saturated heterocycles. The van der Waals surface area contributed by atoms with E-state index in [2.05, 4.69) is 0 Å². The van der Waals surface area contributed by atoms with Gasteiger partial charge in [-0.1, -0.05) is 17.7 Å². The Morgan fingerprint density at radius 1 is 1.43 bits per heavy atom. The van der Waals surface area contributed by atoms with Gasteiger partial charge in [0, 0.05) is 10.4 Å². The summed E-state index contributed by atoms with van der Waals surface area (Å²) >= 11 is 11.7. The van der Waals surface area contributed by atoms with Gasteiger partial charge in [0.15, 0.2) is 0 Å². The SMILES string of the molecule is CC(Cl)CCCc1ccc(F)cc1Cl. The molecule has 0 aliphatic rings. The van der Waals surface area contributed by atoms with Gasteiger partial charge in [-0.25, -0.2) is 4.39 Å². The quantitative estimate of drug-likeness (QED) is 0.677. The largest absolute Gasteiger partial charge is 0.207 e. The molecule has 0 nitrogen and oxygen atoms in total. The van der Waals surface area contributed by atoms with Crippen molar-refractivity contribution >= 4 is 23.2 Å². The number of benzene rings is 1. The molecule has 1 unspecified atom stereocenters. The number of aryl methyl sites for hydroxylation is 1. The van der Waals surface area contributed by atoms with E-state index in [4.69, 9.17) is 23.2 Å². The topological polar surface area (TPSA) is 0 Å². The van der Waals surface area contributed by atoms with E-state index in [1.54, 1.807) is 6.07 Å². The van der Waals surface area contributed by atoms with E-state index in [9.17, 15) is 4.39 Å². The molecule has 0 radical (unpaired) electrons. The average molecular weight is 235 g/mol. The van der Waals surface area contributed by atoms with Crippen LogP contribution in [-0.2, 0) is 6.42 Å². The van der Waals surface area contributed by atoms with Gasteiger partial charge in [-0.2, -0.15) is 0 Å². The second-order valence-electron chi connectivity index (χ2n) is 3.41. The van der Waals surface area contributed by atoms with Gasteiger partial charge in [0.05, 0.1) is 0 Å². The Morgan fingerprint density at radius 2 is 2.14 bits per heavy atom. The van der Waals surface area contributed by atoms with Crippen molar-refractivity contribution in [2.24, 2.45) is 0 Å². The minimum absolute atomic E-state index is 0.189. The van der Waals surface area contributed by atoms with Crippen molar-refractivity contribution in [1.82, 2.24) is 0 Å². The van der Waals surface area contributed by atoms with E-state index in [0.29, 0.717) is 5.02 Å². The molecule has 0 saturated carbocycles. The predicted octanol–water partition coefficient (Wildman–Crippen LogP) is 4.43. The lowest BCUT2D eigenvalue weighted by Gasteiger charge is -2.05. The van der Waals surface area contributed by atoms with Gasteiger partial charge in [-0.15, -0.1) is 11.6 Å². The number of hydrogen-bond acceptors (Lipinski definition) is 0. The Morgan fingerprint density at radius 3 is 2.71 bits per heavy atom. The van der Waals surface area contributed by atoms with Gasteiger partial charge in [-0.05, 0) is 43.9 Å². The summed E-state index contributed by atoms with van der Waals surface area (Å²) < 4.78 is 12.7. The summed E-state index contributed by atoms with van der Waals surface area (Å²) in [5.74, 6) is -0.288. The molecule has 0 N–H and O–H groups in total. The molecule has 1 aromatic rings. The summed E-state index contributed by atoms with van der Waals surface area (Å²) in [6, 6.07) is 4.52. The van der Waals surface area contributed by atoms with Crippen molar-refractivity contribution in [3.63, 3.8) is 0 Å². The normalized spacial score (nSPS) is 12.9. The van der Waals surface area contributed by atoms with E-state index in [0.717, 1.165) is 24.8 Å². The first-order chi connectivity index (χ1) is 6.59. The van der Waals surface area contributed by atoms with Crippen LogP contribution < -0.4 is 0 Å². The fraction of sp³-hybridized carbons (Fsp3) is 0.455. The molecule has 0 fully saturated rings. The molecule has 0 aromatic heterocycles. The second kappa shape index (κ2) is 5.57. The lowest BCUT2D eigenvalue weighted by atomic mass is 10.1. The highest BCUT2D eigenvalue weighted by molar-refractivity contribution is 6.31. The van der Waals surface area contributed by atoms with E-state index in [-0.39, 0.29) is 11.2 Å². The zero-order chi connectivity index (χ0) is 10.6. The third-order valence-electron chi connectivity index (χ3n) is 2.06. The summed E-state index contributed by atoms with van der Waals surface area (Å²) in [5, 5.41) is 0.696. The van der Waals surface area contributed by atoms with Crippen LogP contribution in [0.2, 0.25) is 5.02 Å². The molecule has 0 heterocycles. The van der Waals surface area contributed by atoms with Crippen LogP contribution in [0, 0.1) is 5.82 Å². The smallest absolute Gasteiger partial charge is 0.124 e. The molecule has 0 aliphatic carbocycles. The average Bonchev–Trinajstić information content (AvgIpc) is 2.08. The summed E-state index contributed by atoms with van der Waals surface area (Å²) in [7, 11) is 0. The van der Waals surface area contributed by atoms with Gasteiger partial charge >= 0.3 is 0 Å². The van der Waals surface area contributed by atoms with Gasteiger partial charge < -0.3 is 0 Å². The molecule has 1 rings (SSSR count). The Balaban J connectivity index is 2.51. The van der Waals surface area contributed by atoms with Crippen LogP contribution in [0.3, 0.4) is 0 Å². The number of rotatable bonds is 4. The molecule has 0 amide bonds. The van der Waals surface area contributed by atoms with Crippen molar-refractivity contribution < 1.29 is 4.39 Å². The Kier molecular flexibility index (Phi) is 4.70. The zero-order valence-electron chi connectivity index (χ0n) is 8.06. The fourth-order valence-electron chi connectivity index (χ4n) is 1.30.